The van der Waals surface area contributed by atoms with Gasteiger partial charge in [0.15, 0.2) is 12.1 Å². The lowest BCUT2D eigenvalue weighted by Crippen LogP contribution is -2.66. The quantitative estimate of drug-likeness (QED) is 0.439. The molecule has 0 unspecified atom stereocenters. The van der Waals surface area contributed by atoms with E-state index in [1.165, 1.54) is 18.9 Å². The van der Waals surface area contributed by atoms with Crippen LogP contribution in [0.25, 0.3) is 0 Å². The van der Waals surface area contributed by atoms with Gasteiger partial charge in [0.1, 0.15) is 17.7 Å². The van der Waals surface area contributed by atoms with Crippen LogP contribution in [0.5, 0.6) is 0 Å². The Morgan fingerprint density at radius 1 is 1.09 bits per heavy atom. The van der Waals surface area contributed by atoms with Crippen molar-refractivity contribution in [3.63, 3.8) is 0 Å². The first-order chi connectivity index (χ1) is 16.8. The number of carbonyl (C=O) groups is 1. The molecule has 0 saturated carbocycles. The van der Waals surface area contributed by atoms with Gasteiger partial charge in [-0.25, -0.2) is 4.79 Å². The van der Waals surface area contributed by atoms with Gasteiger partial charge in [-0.2, -0.15) is 5.48 Å². The lowest BCUT2D eigenvalue weighted by atomic mass is 9.74. The summed E-state index contributed by atoms with van der Waals surface area (Å²) in [7, 11) is 1.34. The first kappa shape index (κ1) is 24.5. The van der Waals surface area contributed by atoms with Crippen LogP contribution in [0.1, 0.15) is 25.8 Å². The van der Waals surface area contributed by atoms with Gasteiger partial charge in [0.25, 0.3) is 0 Å². The molecule has 2 N–H and O–H groups in total. The molecule has 0 radical (unpaired) electrons. The molecule has 1 aliphatic carbocycles. The van der Waals surface area contributed by atoms with Crippen molar-refractivity contribution >= 4 is 17.7 Å². The molecule has 2 aromatic rings. The van der Waals surface area contributed by atoms with Crippen molar-refractivity contribution in [3.8, 4) is 0 Å². The summed E-state index contributed by atoms with van der Waals surface area (Å²) in [4.78, 5) is 20.9. The van der Waals surface area contributed by atoms with E-state index >= 15 is 0 Å². The minimum atomic E-state index is -1.37. The van der Waals surface area contributed by atoms with Gasteiger partial charge in [-0.1, -0.05) is 60.3 Å². The van der Waals surface area contributed by atoms with E-state index in [1.807, 2.05) is 60.7 Å². The summed E-state index contributed by atoms with van der Waals surface area (Å²) >= 11 is 1.40. The zero-order valence-corrected chi connectivity index (χ0v) is 20.6. The van der Waals surface area contributed by atoms with Crippen LogP contribution in [0.15, 0.2) is 76.0 Å². The van der Waals surface area contributed by atoms with Crippen LogP contribution in [0, 0.1) is 0 Å². The summed E-state index contributed by atoms with van der Waals surface area (Å²) in [6.45, 7) is 3.79. The second kappa shape index (κ2) is 9.67. The van der Waals surface area contributed by atoms with Gasteiger partial charge in [0.05, 0.1) is 25.4 Å². The number of aliphatic hydroxyl groups is 1. The molecule has 5 atom stereocenters. The molecular weight excluding hydrogens is 470 g/mol. The Bertz CT molecular complexity index is 1090. The number of esters is 1. The summed E-state index contributed by atoms with van der Waals surface area (Å²) in [5, 5.41) is 11.2. The third-order valence-corrected chi connectivity index (χ3v) is 7.49. The molecule has 2 heterocycles. The maximum atomic E-state index is 13.4. The zero-order chi connectivity index (χ0) is 24.6. The highest BCUT2D eigenvalue weighted by molar-refractivity contribution is 8.03. The molecule has 0 spiro atoms. The fraction of sp³-hybridized carbons (Fsp3) is 0.423. The minimum Gasteiger partial charge on any atom is -0.466 e. The Labute approximate surface area is 208 Å². The van der Waals surface area contributed by atoms with Crippen molar-refractivity contribution in [1.82, 2.24) is 5.48 Å². The molecule has 5 rings (SSSR count). The van der Waals surface area contributed by atoms with Crippen molar-refractivity contribution in [2.24, 2.45) is 0 Å². The van der Waals surface area contributed by atoms with E-state index in [0.29, 0.717) is 10.5 Å². The fourth-order valence-electron chi connectivity index (χ4n) is 4.95. The van der Waals surface area contributed by atoms with Crippen LogP contribution < -0.4 is 5.48 Å². The third kappa shape index (κ3) is 4.53. The van der Waals surface area contributed by atoms with E-state index in [9.17, 15) is 9.90 Å². The maximum absolute atomic E-state index is 13.4. The zero-order valence-electron chi connectivity index (χ0n) is 19.8. The van der Waals surface area contributed by atoms with Gasteiger partial charge in [0.2, 0.25) is 0 Å². The number of fused-ring (bicyclic) bond motifs is 3. The van der Waals surface area contributed by atoms with Crippen LogP contribution in [-0.4, -0.2) is 54.1 Å². The Kier molecular flexibility index (Phi) is 6.75. The Morgan fingerprint density at radius 2 is 1.77 bits per heavy atom. The van der Waals surface area contributed by atoms with E-state index in [-0.39, 0.29) is 13.0 Å². The van der Waals surface area contributed by atoms with Gasteiger partial charge >= 0.3 is 5.97 Å². The second-order valence-corrected chi connectivity index (χ2v) is 10.4. The maximum Gasteiger partial charge on any atom is 0.336 e. The van der Waals surface area contributed by atoms with Crippen molar-refractivity contribution in [1.29, 1.82) is 0 Å². The number of hydroxylamine groups is 1. The summed E-state index contributed by atoms with van der Waals surface area (Å²) in [6, 6.07) is 19.3. The second-order valence-electron chi connectivity index (χ2n) is 9.20. The predicted molar refractivity (Wildman–Crippen MR) is 128 cm³/mol. The molecule has 35 heavy (non-hydrogen) atoms. The summed E-state index contributed by atoms with van der Waals surface area (Å²) in [6.07, 6.45) is -3.17. The molecule has 9 heteroatoms. The molecule has 8 nitrogen and oxygen atoms in total. The number of rotatable bonds is 7. The van der Waals surface area contributed by atoms with Crippen molar-refractivity contribution in [2.75, 3.05) is 7.11 Å². The van der Waals surface area contributed by atoms with Crippen molar-refractivity contribution in [3.05, 3.63) is 76.7 Å². The molecule has 3 aliphatic rings. The first-order valence-corrected chi connectivity index (χ1v) is 12.3. The average Bonchev–Trinajstić information content (AvgIpc) is 3.31. The number of methoxy groups -OCH3 is 1. The number of carbonyl (C=O) groups excluding carboxylic acids is 1. The van der Waals surface area contributed by atoms with Crippen LogP contribution in [0.3, 0.4) is 0 Å². The number of hydrogen-bond acceptors (Lipinski definition) is 9. The normalized spacial score (nSPS) is 31.2. The van der Waals surface area contributed by atoms with E-state index in [0.717, 1.165) is 10.5 Å². The molecule has 2 aromatic carbocycles. The predicted octanol–water partition coefficient (Wildman–Crippen LogP) is 3.31. The van der Waals surface area contributed by atoms with Gasteiger partial charge < -0.3 is 24.1 Å². The Hall–Kier alpha value is -2.24. The highest BCUT2D eigenvalue weighted by atomic mass is 32.2. The first-order valence-electron chi connectivity index (χ1n) is 11.5. The third-order valence-electron chi connectivity index (χ3n) is 6.37. The minimum absolute atomic E-state index is 0.208. The molecule has 2 aliphatic heterocycles. The molecule has 0 aromatic heterocycles. The molecule has 186 valence electrons. The van der Waals surface area contributed by atoms with E-state index in [1.54, 1.807) is 13.8 Å². The van der Waals surface area contributed by atoms with Gasteiger partial charge in [-0.05, 0) is 31.5 Å². The number of benzene rings is 2. The summed E-state index contributed by atoms with van der Waals surface area (Å²) < 4.78 is 23.7. The highest BCUT2D eigenvalue weighted by Gasteiger charge is 2.70. The lowest BCUT2D eigenvalue weighted by molar-refractivity contribution is -0.231. The molecule has 2 fully saturated rings. The fourth-order valence-corrected chi connectivity index (χ4v) is 6.13. The standard InChI is InChI=1S/C26H29NO7S/c1-25(2)33-22-24(34-25)32-21-18(28)14-19(35-17-12-8-5-9-13-17)20(23(29)30-3)26(21,22)27-31-15-16-10-6-4-7-11-16/h4-13,18,21-22,24,27-28H,14-15H2,1-3H3/t18-,21-,22+,24-,26-/m1/s1. The van der Waals surface area contributed by atoms with Gasteiger partial charge in [-0.15, -0.1) is 0 Å². The number of ether oxygens (including phenoxy) is 4. The van der Waals surface area contributed by atoms with Gasteiger partial charge in [0, 0.05) is 16.2 Å². The lowest BCUT2D eigenvalue weighted by Gasteiger charge is -2.44. The number of thioether (sulfide) groups is 1. The Morgan fingerprint density at radius 3 is 2.46 bits per heavy atom. The van der Waals surface area contributed by atoms with E-state index in [4.69, 9.17) is 23.8 Å². The SMILES string of the molecule is COC(=O)C1=C(Sc2ccccc2)C[C@@H](O)[C@H]2O[C@@H]3OC(C)(C)O[C@@H]3[C@@]12NOCc1ccccc1. The van der Waals surface area contributed by atoms with Gasteiger partial charge in [-0.3, -0.25) is 4.84 Å². The summed E-state index contributed by atoms with van der Waals surface area (Å²) in [5.41, 5.74) is 2.99. The Balaban J connectivity index is 1.59. The smallest absolute Gasteiger partial charge is 0.336 e. The van der Waals surface area contributed by atoms with E-state index in [2.05, 4.69) is 5.48 Å². The van der Waals surface area contributed by atoms with Crippen molar-refractivity contribution in [2.45, 2.75) is 67.7 Å². The largest absolute Gasteiger partial charge is 0.466 e. The molecule has 0 amide bonds. The monoisotopic (exact) mass is 499 g/mol. The summed E-state index contributed by atoms with van der Waals surface area (Å²) in [5.74, 6) is -1.50. The number of aliphatic hydroxyl groups excluding tert-OH is 1. The number of hydrogen-bond donors (Lipinski definition) is 2. The van der Waals surface area contributed by atoms with Crippen LogP contribution in [-0.2, 0) is 35.2 Å². The topological polar surface area (TPSA) is 95.5 Å². The number of nitrogens with one attached hydrogen (secondary N) is 1. The average molecular weight is 500 g/mol. The van der Waals surface area contributed by atoms with Crippen LogP contribution >= 0.6 is 11.8 Å². The molecule has 2 saturated heterocycles. The van der Waals surface area contributed by atoms with E-state index < -0.39 is 41.9 Å². The van der Waals surface area contributed by atoms with Crippen LogP contribution in [0.4, 0.5) is 0 Å². The van der Waals surface area contributed by atoms with Crippen LogP contribution in [0.2, 0.25) is 0 Å². The highest BCUT2D eigenvalue weighted by Crippen LogP contribution is 2.53. The van der Waals surface area contributed by atoms with Crippen molar-refractivity contribution < 1.29 is 33.7 Å². The molecular formula is C26H29NO7S. The molecule has 0 bridgehead atoms.